The van der Waals surface area contributed by atoms with E-state index >= 15 is 0 Å². The van der Waals surface area contributed by atoms with Crippen LogP contribution in [0.4, 0.5) is 0 Å². The van der Waals surface area contributed by atoms with Crippen LogP contribution in [0.25, 0.3) is 22.1 Å². The predicted octanol–water partition coefficient (Wildman–Crippen LogP) is 2.44. The molecule has 0 atom stereocenters. The summed E-state index contributed by atoms with van der Waals surface area (Å²) in [6.45, 7) is 0. The molecule has 0 saturated heterocycles. The molecule has 20 heavy (non-hydrogen) atoms. The molecule has 0 fully saturated rings. The van der Waals surface area contributed by atoms with Gasteiger partial charge >= 0.3 is 0 Å². The summed E-state index contributed by atoms with van der Waals surface area (Å²) in [7, 11) is 0. The highest BCUT2D eigenvalue weighted by Crippen LogP contribution is 2.24. The Morgan fingerprint density at radius 2 is 1.70 bits per heavy atom. The van der Waals surface area contributed by atoms with Crippen molar-refractivity contribution in [2.45, 2.75) is 6.29 Å². The largest absolute Gasteiger partial charge is 0.463 e. The van der Waals surface area contributed by atoms with Crippen molar-refractivity contribution in [1.29, 1.82) is 0 Å². The lowest BCUT2D eigenvalue weighted by atomic mass is 10.0. The molecule has 1 aromatic heterocycles. The Kier molecular flexibility index (Phi) is 3.10. The fourth-order valence-corrected chi connectivity index (χ4v) is 2.23. The minimum atomic E-state index is -1.72. The molecule has 4 heteroatoms. The molecule has 2 N–H and O–H groups in total. The topological polar surface area (TPSA) is 70.7 Å². The summed E-state index contributed by atoms with van der Waals surface area (Å²) in [4.78, 5) is 12.6. The average molecular weight is 268 g/mol. The molecule has 0 aliphatic heterocycles. The number of hydrogen-bond donors (Lipinski definition) is 2. The molecular weight excluding hydrogens is 256 g/mol. The first-order valence-electron chi connectivity index (χ1n) is 6.14. The highest BCUT2D eigenvalue weighted by atomic mass is 16.5. The van der Waals surface area contributed by atoms with Crippen LogP contribution < -0.4 is 5.43 Å². The minimum absolute atomic E-state index is 0.147. The van der Waals surface area contributed by atoms with Gasteiger partial charge in [0.1, 0.15) is 11.8 Å². The van der Waals surface area contributed by atoms with E-state index < -0.39 is 6.29 Å². The Balaban J connectivity index is 2.36. The summed E-state index contributed by atoms with van der Waals surface area (Å²) in [5.41, 5.74) is 1.33. The predicted molar refractivity (Wildman–Crippen MR) is 75.1 cm³/mol. The molecule has 0 amide bonds. The standard InChI is InChI=1S/C16H12O4/c17-15-12(10-5-2-1-3-6-10)9-20-13-8-4-7-11(14(13)15)16(18)19/h1-9,16,18-19H. The van der Waals surface area contributed by atoms with E-state index in [0.717, 1.165) is 5.56 Å². The average Bonchev–Trinajstić information content (AvgIpc) is 2.48. The van der Waals surface area contributed by atoms with Gasteiger partial charge in [-0.2, -0.15) is 0 Å². The third-order valence-corrected chi connectivity index (χ3v) is 3.20. The van der Waals surface area contributed by atoms with Gasteiger partial charge in [0.05, 0.1) is 10.9 Å². The van der Waals surface area contributed by atoms with E-state index in [1.165, 1.54) is 12.3 Å². The van der Waals surface area contributed by atoms with Crippen molar-refractivity contribution in [3.05, 3.63) is 70.6 Å². The zero-order valence-electron chi connectivity index (χ0n) is 10.5. The van der Waals surface area contributed by atoms with Crippen molar-refractivity contribution >= 4 is 11.0 Å². The van der Waals surface area contributed by atoms with E-state index in [9.17, 15) is 15.0 Å². The van der Waals surface area contributed by atoms with Crippen molar-refractivity contribution < 1.29 is 14.6 Å². The zero-order valence-corrected chi connectivity index (χ0v) is 10.5. The summed E-state index contributed by atoms with van der Waals surface area (Å²) in [6.07, 6.45) is -0.319. The van der Waals surface area contributed by atoms with Crippen molar-refractivity contribution in [2.75, 3.05) is 0 Å². The number of aliphatic hydroxyl groups excluding tert-OH is 1. The van der Waals surface area contributed by atoms with Crippen LogP contribution in [-0.2, 0) is 0 Å². The van der Waals surface area contributed by atoms with Crippen LogP contribution in [0.3, 0.4) is 0 Å². The summed E-state index contributed by atoms with van der Waals surface area (Å²) in [6, 6.07) is 13.8. The van der Waals surface area contributed by atoms with Crippen LogP contribution in [0.1, 0.15) is 11.9 Å². The quantitative estimate of drug-likeness (QED) is 0.700. The van der Waals surface area contributed by atoms with Crippen molar-refractivity contribution in [1.82, 2.24) is 0 Å². The Morgan fingerprint density at radius 1 is 0.950 bits per heavy atom. The number of rotatable bonds is 2. The van der Waals surface area contributed by atoms with E-state index in [0.29, 0.717) is 11.1 Å². The number of fused-ring (bicyclic) bond motifs is 1. The van der Waals surface area contributed by atoms with Gasteiger partial charge in [-0.1, -0.05) is 42.5 Å². The van der Waals surface area contributed by atoms with Crippen LogP contribution in [0, 0.1) is 0 Å². The summed E-state index contributed by atoms with van der Waals surface area (Å²) in [5, 5.41) is 19.0. The van der Waals surface area contributed by atoms with Crippen molar-refractivity contribution in [2.24, 2.45) is 0 Å². The van der Waals surface area contributed by atoms with Crippen LogP contribution in [0.15, 0.2) is 64.0 Å². The molecule has 3 aromatic rings. The Labute approximate surface area is 114 Å². The van der Waals surface area contributed by atoms with Gasteiger partial charge in [0.25, 0.3) is 0 Å². The van der Waals surface area contributed by atoms with Gasteiger partial charge in [-0.3, -0.25) is 4.79 Å². The number of hydrogen-bond acceptors (Lipinski definition) is 4. The van der Waals surface area contributed by atoms with Gasteiger partial charge in [-0.05, 0) is 11.6 Å². The SMILES string of the molecule is O=c1c(-c2ccccc2)coc2cccc(C(O)O)c12. The highest BCUT2D eigenvalue weighted by Gasteiger charge is 2.15. The van der Waals surface area contributed by atoms with Gasteiger partial charge in [0, 0.05) is 5.56 Å². The monoisotopic (exact) mass is 268 g/mol. The smallest absolute Gasteiger partial charge is 0.200 e. The van der Waals surface area contributed by atoms with E-state index in [1.807, 2.05) is 18.2 Å². The Morgan fingerprint density at radius 3 is 2.40 bits per heavy atom. The molecule has 0 bridgehead atoms. The summed E-state index contributed by atoms with van der Waals surface area (Å²) < 4.78 is 5.45. The second-order valence-electron chi connectivity index (χ2n) is 4.44. The lowest BCUT2D eigenvalue weighted by molar-refractivity contribution is -0.0413. The first kappa shape index (κ1) is 12.6. The maximum Gasteiger partial charge on any atom is 0.200 e. The first-order chi connectivity index (χ1) is 9.68. The van der Waals surface area contributed by atoms with Gasteiger partial charge in [-0.25, -0.2) is 0 Å². The van der Waals surface area contributed by atoms with Crippen molar-refractivity contribution in [3.63, 3.8) is 0 Å². The molecule has 0 saturated carbocycles. The van der Waals surface area contributed by atoms with E-state index in [1.54, 1.807) is 24.3 Å². The molecule has 4 nitrogen and oxygen atoms in total. The Bertz CT molecular complexity index is 804. The maximum absolute atomic E-state index is 12.6. The normalized spacial score (nSPS) is 11.2. The third-order valence-electron chi connectivity index (χ3n) is 3.20. The first-order valence-corrected chi connectivity index (χ1v) is 6.14. The van der Waals surface area contributed by atoms with Gasteiger partial charge in [-0.15, -0.1) is 0 Å². The minimum Gasteiger partial charge on any atom is -0.463 e. The third kappa shape index (κ3) is 2.01. The van der Waals surface area contributed by atoms with E-state index in [2.05, 4.69) is 0 Å². The molecule has 1 heterocycles. The molecule has 2 aromatic carbocycles. The van der Waals surface area contributed by atoms with E-state index in [4.69, 9.17) is 4.42 Å². The molecule has 3 rings (SSSR count). The molecule has 0 aliphatic rings. The molecule has 0 unspecified atom stereocenters. The molecule has 0 radical (unpaired) electrons. The van der Waals surface area contributed by atoms with E-state index in [-0.39, 0.29) is 16.4 Å². The van der Waals surface area contributed by atoms with Gasteiger partial charge in [0.15, 0.2) is 6.29 Å². The summed E-state index contributed by atoms with van der Waals surface area (Å²) in [5.74, 6) is 0. The summed E-state index contributed by atoms with van der Waals surface area (Å²) >= 11 is 0. The van der Waals surface area contributed by atoms with Crippen LogP contribution in [0.5, 0.6) is 0 Å². The molecule has 0 aliphatic carbocycles. The second kappa shape index (κ2) is 4.92. The van der Waals surface area contributed by atoms with Gasteiger partial charge < -0.3 is 14.6 Å². The van der Waals surface area contributed by atoms with Crippen LogP contribution in [-0.4, -0.2) is 10.2 Å². The fraction of sp³-hybridized carbons (Fsp3) is 0.0625. The zero-order chi connectivity index (χ0) is 14.1. The highest BCUT2D eigenvalue weighted by molar-refractivity contribution is 5.84. The fourth-order valence-electron chi connectivity index (χ4n) is 2.23. The van der Waals surface area contributed by atoms with Crippen LogP contribution in [0.2, 0.25) is 0 Å². The lowest BCUT2D eigenvalue weighted by Gasteiger charge is -2.08. The second-order valence-corrected chi connectivity index (χ2v) is 4.44. The lowest BCUT2D eigenvalue weighted by Crippen LogP contribution is -2.09. The molecule has 100 valence electrons. The van der Waals surface area contributed by atoms with Gasteiger partial charge in [0.2, 0.25) is 5.43 Å². The Hall–Kier alpha value is -2.43. The molecule has 0 spiro atoms. The van der Waals surface area contributed by atoms with Crippen LogP contribution >= 0.6 is 0 Å². The van der Waals surface area contributed by atoms with Crippen molar-refractivity contribution in [3.8, 4) is 11.1 Å². The number of benzene rings is 2. The number of aliphatic hydroxyl groups is 2. The molecular formula is C16H12O4. The maximum atomic E-state index is 12.6.